The Kier molecular flexibility index (Phi) is 2.73. The van der Waals surface area contributed by atoms with Crippen LogP contribution in [0.5, 0.6) is 0 Å². The second-order valence-electron chi connectivity index (χ2n) is 5.82. The lowest BCUT2D eigenvalue weighted by Gasteiger charge is -2.44. The molecule has 0 N–H and O–H groups in total. The molecule has 0 aromatic carbocycles. The largest absolute Gasteiger partial charge is 0.372 e. The monoisotopic (exact) mass is 209 g/mol. The van der Waals surface area contributed by atoms with E-state index in [0.29, 0.717) is 6.10 Å². The Labute approximate surface area is 93.0 Å². The van der Waals surface area contributed by atoms with Gasteiger partial charge >= 0.3 is 0 Å². The predicted molar refractivity (Wildman–Crippen MR) is 60.9 cm³/mol. The highest BCUT2D eigenvalue weighted by atomic mass is 16.6. The first kappa shape index (κ1) is 10.1. The van der Waals surface area contributed by atoms with Gasteiger partial charge in [-0.15, -0.1) is 0 Å². The first-order valence-electron chi connectivity index (χ1n) is 6.70. The quantitative estimate of drug-likeness (QED) is 0.649. The summed E-state index contributed by atoms with van der Waals surface area (Å²) in [6, 6.07) is 0. The molecule has 3 fully saturated rings. The van der Waals surface area contributed by atoms with Gasteiger partial charge in [0.1, 0.15) is 0 Å². The molecule has 1 aliphatic carbocycles. The first-order valence-corrected chi connectivity index (χ1v) is 6.70. The maximum absolute atomic E-state index is 5.31. The topological polar surface area (TPSA) is 15.8 Å². The van der Waals surface area contributed by atoms with Crippen LogP contribution in [0, 0.1) is 5.41 Å². The molecule has 0 radical (unpaired) electrons. The van der Waals surface area contributed by atoms with Gasteiger partial charge in [0, 0.05) is 6.54 Å². The number of nitrogens with zero attached hydrogens (tertiary/aromatic N) is 1. The summed E-state index contributed by atoms with van der Waals surface area (Å²) in [5.74, 6) is 0. The molecule has 0 aromatic heterocycles. The average Bonchev–Trinajstić information content (AvgIpc) is 3.07. The van der Waals surface area contributed by atoms with E-state index in [-0.39, 0.29) is 0 Å². The number of rotatable bonds is 2. The second kappa shape index (κ2) is 4.06. The molecular formula is C13H23NO. The number of likely N-dealkylation sites (tertiary alicyclic amines) is 1. The van der Waals surface area contributed by atoms with Crippen molar-refractivity contribution in [1.82, 2.24) is 4.90 Å². The van der Waals surface area contributed by atoms with Crippen molar-refractivity contribution < 1.29 is 4.74 Å². The standard InChI is InChI=1S/C13H23NO/c1-2-4-13(5-3-1)6-8-14(9-7-13)10-12-11-15-12/h12H,1-11H2/t12-/m1/s1. The van der Waals surface area contributed by atoms with Gasteiger partial charge in [0.15, 0.2) is 0 Å². The van der Waals surface area contributed by atoms with Gasteiger partial charge < -0.3 is 9.64 Å². The third-order valence-electron chi connectivity index (χ3n) is 4.70. The van der Waals surface area contributed by atoms with E-state index in [9.17, 15) is 0 Å². The van der Waals surface area contributed by atoms with Gasteiger partial charge in [-0.1, -0.05) is 19.3 Å². The van der Waals surface area contributed by atoms with Gasteiger partial charge in [-0.3, -0.25) is 0 Å². The third-order valence-corrected chi connectivity index (χ3v) is 4.70. The zero-order valence-electron chi connectivity index (χ0n) is 9.71. The molecule has 0 aromatic rings. The first-order chi connectivity index (χ1) is 7.36. The molecule has 1 spiro atoms. The molecule has 2 heterocycles. The van der Waals surface area contributed by atoms with Gasteiger partial charge in [0.2, 0.25) is 0 Å². The van der Waals surface area contributed by atoms with Crippen LogP contribution in [-0.2, 0) is 4.74 Å². The van der Waals surface area contributed by atoms with E-state index >= 15 is 0 Å². The van der Waals surface area contributed by atoms with Crippen LogP contribution >= 0.6 is 0 Å². The molecule has 0 bridgehead atoms. The molecule has 2 aliphatic heterocycles. The minimum absolute atomic E-state index is 0.588. The van der Waals surface area contributed by atoms with Gasteiger partial charge in [-0.2, -0.15) is 0 Å². The Bertz CT molecular complexity index is 209. The van der Waals surface area contributed by atoms with Crippen molar-refractivity contribution in [3.63, 3.8) is 0 Å². The van der Waals surface area contributed by atoms with Crippen molar-refractivity contribution in [2.24, 2.45) is 5.41 Å². The van der Waals surface area contributed by atoms with Gasteiger partial charge in [0.05, 0.1) is 12.7 Å². The predicted octanol–water partition coefficient (Wildman–Crippen LogP) is 2.43. The van der Waals surface area contributed by atoms with E-state index in [2.05, 4.69) is 4.90 Å². The Hall–Kier alpha value is -0.0800. The molecule has 3 rings (SSSR count). The summed E-state index contributed by atoms with van der Waals surface area (Å²) in [6.45, 7) is 4.89. The fourth-order valence-electron chi connectivity index (χ4n) is 3.47. The Balaban J connectivity index is 1.49. The number of epoxide rings is 1. The highest BCUT2D eigenvalue weighted by molar-refractivity contribution is 4.89. The molecule has 2 saturated heterocycles. The lowest BCUT2D eigenvalue weighted by molar-refractivity contribution is 0.0643. The molecule has 86 valence electrons. The molecule has 15 heavy (non-hydrogen) atoms. The molecule has 0 amide bonds. The van der Waals surface area contributed by atoms with E-state index in [1.165, 1.54) is 64.6 Å². The van der Waals surface area contributed by atoms with Crippen molar-refractivity contribution in [3.05, 3.63) is 0 Å². The van der Waals surface area contributed by atoms with Crippen LogP contribution in [0.2, 0.25) is 0 Å². The van der Waals surface area contributed by atoms with Crippen LogP contribution in [0.25, 0.3) is 0 Å². The van der Waals surface area contributed by atoms with Crippen molar-refractivity contribution in [3.8, 4) is 0 Å². The fourth-order valence-corrected chi connectivity index (χ4v) is 3.47. The Morgan fingerprint density at radius 2 is 1.67 bits per heavy atom. The fraction of sp³-hybridized carbons (Fsp3) is 1.00. The summed E-state index contributed by atoms with van der Waals surface area (Å²) < 4.78 is 5.31. The van der Waals surface area contributed by atoms with Crippen LogP contribution in [0.15, 0.2) is 0 Å². The van der Waals surface area contributed by atoms with Crippen LogP contribution < -0.4 is 0 Å². The number of hydrogen-bond acceptors (Lipinski definition) is 2. The van der Waals surface area contributed by atoms with Crippen molar-refractivity contribution in [2.75, 3.05) is 26.2 Å². The minimum atomic E-state index is 0.588. The summed E-state index contributed by atoms with van der Waals surface area (Å²) in [6.07, 6.45) is 11.0. The highest BCUT2D eigenvalue weighted by Crippen LogP contribution is 2.44. The summed E-state index contributed by atoms with van der Waals surface area (Å²) in [4.78, 5) is 2.62. The molecule has 3 aliphatic rings. The van der Waals surface area contributed by atoms with E-state index in [0.717, 1.165) is 12.0 Å². The smallest absolute Gasteiger partial charge is 0.0936 e. The van der Waals surface area contributed by atoms with Gasteiger partial charge in [-0.25, -0.2) is 0 Å². The van der Waals surface area contributed by atoms with E-state index in [1.54, 1.807) is 0 Å². The van der Waals surface area contributed by atoms with Crippen molar-refractivity contribution in [1.29, 1.82) is 0 Å². The molecule has 0 unspecified atom stereocenters. The molecule has 1 atom stereocenters. The molecule has 2 heteroatoms. The van der Waals surface area contributed by atoms with Gasteiger partial charge in [-0.05, 0) is 44.2 Å². The second-order valence-corrected chi connectivity index (χ2v) is 5.82. The average molecular weight is 209 g/mol. The highest BCUT2D eigenvalue weighted by Gasteiger charge is 2.36. The van der Waals surface area contributed by atoms with Crippen molar-refractivity contribution >= 4 is 0 Å². The number of piperidine rings is 1. The molecule has 2 nitrogen and oxygen atoms in total. The van der Waals surface area contributed by atoms with E-state index < -0.39 is 0 Å². The number of hydrogen-bond donors (Lipinski definition) is 0. The summed E-state index contributed by atoms with van der Waals surface area (Å²) in [5, 5.41) is 0. The lowest BCUT2D eigenvalue weighted by Crippen LogP contribution is -2.42. The molecule has 1 saturated carbocycles. The summed E-state index contributed by atoms with van der Waals surface area (Å²) in [5.41, 5.74) is 0.763. The summed E-state index contributed by atoms with van der Waals surface area (Å²) >= 11 is 0. The normalized spacial score (nSPS) is 35.6. The summed E-state index contributed by atoms with van der Waals surface area (Å²) in [7, 11) is 0. The zero-order chi connectivity index (χ0) is 10.1. The maximum Gasteiger partial charge on any atom is 0.0936 e. The van der Waals surface area contributed by atoms with E-state index in [4.69, 9.17) is 4.74 Å². The Morgan fingerprint density at radius 1 is 1.00 bits per heavy atom. The SMILES string of the molecule is C1CCC2(CC1)CCN(C[C@@H]1CO1)CC2. The zero-order valence-corrected chi connectivity index (χ0v) is 9.71. The van der Waals surface area contributed by atoms with Crippen LogP contribution in [-0.4, -0.2) is 37.2 Å². The Morgan fingerprint density at radius 3 is 2.27 bits per heavy atom. The van der Waals surface area contributed by atoms with Crippen LogP contribution in [0.1, 0.15) is 44.9 Å². The van der Waals surface area contributed by atoms with Crippen LogP contribution in [0.3, 0.4) is 0 Å². The van der Waals surface area contributed by atoms with E-state index in [1.807, 2.05) is 0 Å². The third kappa shape index (κ3) is 2.36. The van der Waals surface area contributed by atoms with Gasteiger partial charge in [0.25, 0.3) is 0 Å². The van der Waals surface area contributed by atoms with Crippen molar-refractivity contribution in [2.45, 2.75) is 51.0 Å². The van der Waals surface area contributed by atoms with Crippen LogP contribution in [0.4, 0.5) is 0 Å². The lowest BCUT2D eigenvalue weighted by atomic mass is 9.68. The molecular weight excluding hydrogens is 186 g/mol. The maximum atomic E-state index is 5.31. The number of ether oxygens (including phenoxy) is 1. The minimum Gasteiger partial charge on any atom is -0.372 e.